The molecule has 0 aliphatic carbocycles. The van der Waals surface area contributed by atoms with E-state index in [1.807, 2.05) is 0 Å². The van der Waals surface area contributed by atoms with Gasteiger partial charge < -0.3 is 5.73 Å². The highest BCUT2D eigenvalue weighted by Gasteiger charge is 2.17. The number of nitrogens with one attached hydrogen (secondary N) is 1. The quantitative estimate of drug-likeness (QED) is 0.829. The van der Waals surface area contributed by atoms with Crippen molar-refractivity contribution in [1.82, 2.24) is 4.72 Å². The second-order valence-corrected chi connectivity index (χ2v) is 6.59. The lowest BCUT2D eigenvalue weighted by Gasteiger charge is -2.09. The largest absolute Gasteiger partial charge is 0.398 e. The number of sulfonamides is 1. The van der Waals surface area contributed by atoms with Crippen LogP contribution in [-0.4, -0.2) is 15.0 Å². The minimum Gasteiger partial charge on any atom is -0.398 e. The van der Waals surface area contributed by atoms with Gasteiger partial charge in [0.05, 0.1) is 5.69 Å². The maximum atomic E-state index is 13.4. The molecule has 0 saturated heterocycles. The first-order chi connectivity index (χ1) is 9.90. The van der Waals surface area contributed by atoms with Gasteiger partial charge in [-0.25, -0.2) is 17.5 Å². The molecule has 0 bridgehead atoms. The molecule has 0 fully saturated rings. The molecule has 0 spiro atoms. The van der Waals surface area contributed by atoms with Gasteiger partial charge in [0.25, 0.3) is 0 Å². The summed E-state index contributed by atoms with van der Waals surface area (Å²) < 4.78 is 40.0. The zero-order valence-corrected chi connectivity index (χ0v) is 12.6. The first kappa shape index (κ1) is 15.8. The maximum absolute atomic E-state index is 13.4. The van der Waals surface area contributed by atoms with Gasteiger partial charge in [0.15, 0.2) is 0 Å². The Bertz CT molecular complexity index is 750. The molecule has 2 aromatic carbocycles. The van der Waals surface area contributed by atoms with Crippen molar-refractivity contribution >= 4 is 27.3 Å². The van der Waals surface area contributed by atoms with Crippen LogP contribution >= 0.6 is 11.6 Å². The van der Waals surface area contributed by atoms with E-state index < -0.39 is 10.0 Å². The molecule has 3 N–H and O–H groups in total. The average molecular weight is 329 g/mol. The molecule has 0 radical (unpaired) electrons. The van der Waals surface area contributed by atoms with E-state index in [-0.39, 0.29) is 29.4 Å². The Balaban J connectivity index is 2.07. The highest BCUT2D eigenvalue weighted by Crippen LogP contribution is 2.22. The Hall–Kier alpha value is -1.63. The van der Waals surface area contributed by atoms with Crippen LogP contribution in [0, 0.1) is 5.82 Å². The fraction of sp³-hybridized carbons (Fsp3) is 0.143. The molecule has 2 rings (SSSR count). The van der Waals surface area contributed by atoms with Crippen molar-refractivity contribution in [3.8, 4) is 0 Å². The Morgan fingerprint density at radius 3 is 2.57 bits per heavy atom. The zero-order chi connectivity index (χ0) is 15.5. The van der Waals surface area contributed by atoms with Crippen molar-refractivity contribution in [1.29, 1.82) is 0 Å². The third-order valence-corrected chi connectivity index (χ3v) is 4.68. The fourth-order valence-electron chi connectivity index (χ4n) is 1.86. The summed E-state index contributed by atoms with van der Waals surface area (Å²) in [6, 6.07) is 10.4. The normalized spacial score (nSPS) is 11.5. The van der Waals surface area contributed by atoms with Gasteiger partial charge in [-0.3, -0.25) is 0 Å². The summed E-state index contributed by atoms with van der Waals surface area (Å²) in [6.07, 6.45) is 0.249. The SMILES string of the molecule is Nc1cc(Cl)ccc1S(=O)(=O)NCCc1ccccc1F. The molecule has 7 heteroatoms. The molecule has 0 atom stereocenters. The van der Waals surface area contributed by atoms with Gasteiger partial charge >= 0.3 is 0 Å². The molecule has 0 aliphatic rings. The van der Waals surface area contributed by atoms with E-state index in [1.165, 1.54) is 24.3 Å². The molecule has 21 heavy (non-hydrogen) atoms. The van der Waals surface area contributed by atoms with E-state index in [0.717, 1.165) is 0 Å². The average Bonchev–Trinajstić information content (AvgIpc) is 2.40. The van der Waals surface area contributed by atoms with Crippen LogP contribution in [0.15, 0.2) is 47.4 Å². The second-order valence-electron chi connectivity index (χ2n) is 4.42. The summed E-state index contributed by atoms with van der Waals surface area (Å²) in [4.78, 5) is -0.0413. The molecule has 4 nitrogen and oxygen atoms in total. The van der Waals surface area contributed by atoms with Gasteiger partial charge in [0, 0.05) is 11.6 Å². The molecule has 112 valence electrons. The summed E-state index contributed by atoms with van der Waals surface area (Å²) in [6.45, 7) is 0.0747. The molecule has 0 aliphatic heterocycles. The number of halogens is 2. The van der Waals surface area contributed by atoms with E-state index in [0.29, 0.717) is 10.6 Å². The smallest absolute Gasteiger partial charge is 0.242 e. The number of nitrogen functional groups attached to an aromatic ring is 1. The van der Waals surface area contributed by atoms with Crippen LogP contribution < -0.4 is 10.5 Å². The van der Waals surface area contributed by atoms with Gasteiger partial charge in [-0.15, -0.1) is 0 Å². The molecule has 0 heterocycles. The van der Waals surface area contributed by atoms with Gasteiger partial charge in [0.1, 0.15) is 10.7 Å². The highest BCUT2D eigenvalue weighted by atomic mass is 35.5. The molecule has 0 aromatic heterocycles. The predicted octanol–water partition coefficient (Wildman–Crippen LogP) is 2.58. The van der Waals surface area contributed by atoms with Crippen molar-refractivity contribution in [2.75, 3.05) is 12.3 Å². The van der Waals surface area contributed by atoms with E-state index in [4.69, 9.17) is 17.3 Å². The van der Waals surface area contributed by atoms with E-state index in [2.05, 4.69) is 4.72 Å². The van der Waals surface area contributed by atoms with Crippen LogP contribution in [0.2, 0.25) is 5.02 Å². The van der Waals surface area contributed by atoms with E-state index >= 15 is 0 Å². The molecular formula is C14H14ClFN2O2S. The standard InChI is InChI=1S/C14H14ClFN2O2S/c15-11-5-6-14(13(17)9-11)21(19,20)18-8-7-10-3-1-2-4-12(10)16/h1-6,9,18H,7-8,17H2. The van der Waals surface area contributed by atoms with Crippen LogP contribution in [0.3, 0.4) is 0 Å². The van der Waals surface area contributed by atoms with Crippen molar-refractivity contribution in [3.05, 3.63) is 58.9 Å². The monoisotopic (exact) mass is 328 g/mol. The van der Waals surface area contributed by atoms with Crippen molar-refractivity contribution < 1.29 is 12.8 Å². The summed E-state index contributed by atoms with van der Waals surface area (Å²) in [5.41, 5.74) is 6.17. The second kappa shape index (κ2) is 6.43. The molecular weight excluding hydrogens is 315 g/mol. The summed E-state index contributed by atoms with van der Waals surface area (Å²) >= 11 is 5.73. The number of benzene rings is 2. The lowest BCUT2D eigenvalue weighted by Crippen LogP contribution is -2.26. The number of hydrogen-bond acceptors (Lipinski definition) is 3. The summed E-state index contributed by atoms with van der Waals surface area (Å²) in [7, 11) is -3.75. The molecule has 2 aromatic rings. The Labute approximate surface area is 127 Å². The van der Waals surface area contributed by atoms with Gasteiger partial charge in [-0.1, -0.05) is 29.8 Å². The third-order valence-electron chi connectivity index (χ3n) is 2.91. The Kier molecular flexibility index (Phi) is 4.82. The number of nitrogens with two attached hydrogens (primary N) is 1. The van der Waals surface area contributed by atoms with Gasteiger partial charge in [0.2, 0.25) is 10.0 Å². The maximum Gasteiger partial charge on any atom is 0.242 e. The predicted molar refractivity (Wildman–Crippen MR) is 81.2 cm³/mol. The van der Waals surface area contributed by atoms with E-state index in [9.17, 15) is 12.8 Å². The van der Waals surface area contributed by atoms with Gasteiger partial charge in [-0.05, 0) is 36.2 Å². The zero-order valence-electron chi connectivity index (χ0n) is 11.0. The van der Waals surface area contributed by atoms with Crippen molar-refractivity contribution in [2.45, 2.75) is 11.3 Å². The Morgan fingerprint density at radius 1 is 1.19 bits per heavy atom. The number of rotatable bonds is 5. The van der Waals surface area contributed by atoms with Crippen LogP contribution in [0.25, 0.3) is 0 Å². The van der Waals surface area contributed by atoms with Crippen LogP contribution in [0.5, 0.6) is 0 Å². The minimum absolute atomic E-state index is 0.0413. The molecule has 0 unspecified atom stereocenters. The van der Waals surface area contributed by atoms with E-state index in [1.54, 1.807) is 18.2 Å². The first-order valence-electron chi connectivity index (χ1n) is 6.18. The van der Waals surface area contributed by atoms with Crippen molar-refractivity contribution in [2.24, 2.45) is 0 Å². The highest BCUT2D eigenvalue weighted by molar-refractivity contribution is 7.89. The lowest BCUT2D eigenvalue weighted by atomic mass is 10.1. The van der Waals surface area contributed by atoms with Crippen LogP contribution in [-0.2, 0) is 16.4 Å². The minimum atomic E-state index is -3.75. The Morgan fingerprint density at radius 2 is 1.90 bits per heavy atom. The van der Waals surface area contributed by atoms with Crippen LogP contribution in [0.4, 0.5) is 10.1 Å². The number of hydrogen-bond donors (Lipinski definition) is 2. The third kappa shape index (κ3) is 3.93. The fourth-order valence-corrected chi connectivity index (χ4v) is 3.19. The van der Waals surface area contributed by atoms with Crippen LogP contribution in [0.1, 0.15) is 5.56 Å². The molecule has 0 amide bonds. The molecule has 0 saturated carbocycles. The van der Waals surface area contributed by atoms with Gasteiger partial charge in [-0.2, -0.15) is 0 Å². The lowest BCUT2D eigenvalue weighted by molar-refractivity contribution is 0.578. The first-order valence-corrected chi connectivity index (χ1v) is 8.04. The van der Waals surface area contributed by atoms with Crippen molar-refractivity contribution in [3.63, 3.8) is 0 Å². The topological polar surface area (TPSA) is 72.2 Å². The summed E-state index contributed by atoms with van der Waals surface area (Å²) in [5, 5.41) is 0.359. The number of anilines is 1. The summed E-state index contributed by atoms with van der Waals surface area (Å²) in [5.74, 6) is -0.359.